The summed E-state index contributed by atoms with van der Waals surface area (Å²) < 4.78 is 0.872. The number of thioether (sulfide) groups is 1. The van der Waals surface area contributed by atoms with Crippen LogP contribution in [-0.4, -0.2) is 34.3 Å². The number of benzene rings is 1. The Kier molecular flexibility index (Phi) is 5.02. The van der Waals surface area contributed by atoms with Gasteiger partial charge in [0, 0.05) is 18.7 Å². The first-order valence-corrected chi connectivity index (χ1v) is 9.61. The number of aromatic nitrogens is 2. The van der Waals surface area contributed by atoms with Gasteiger partial charge in [0.05, 0.1) is 5.25 Å². The zero-order valence-electron chi connectivity index (χ0n) is 13.7. The maximum atomic E-state index is 12.6. The number of anilines is 1. The largest absolute Gasteiger partial charge is 0.347 e. The Hall–Kier alpha value is -1.40. The van der Waals surface area contributed by atoms with E-state index in [0.717, 1.165) is 33.7 Å². The number of ketones is 1. The van der Waals surface area contributed by atoms with Crippen molar-refractivity contribution in [1.82, 2.24) is 10.2 Å². The van der Waals surface area contributed by atoms with E-state index in [1.165, 1.54) is 30.2 Å². The van der Waals surface area contributed by atoms with Gasteiger partial charge in [-0.3, -0.25) is 4.79 Å². The predicted octanol–water partition coefficient (Wildman–Crippen LogP) is 4.12. The first-order valence-electron chi connectivity index (χ1n) is 7.91. The smallest absolute Gasteiger partial charge is 0.209 e. The fraction of sp³-hybridized carbons (Fsp3) is 0.471. The SMILES string of the molecule is Cc1ccc(C(=O)C(C)Sc2nnc(N3CCCC3)s2)cc1C. The Morgan fingerprint density at radius 2 is 1.96 bits per heavy atom. The molecule has 0 amide bonds. The third-order valence-corrected chi connectivity index (χ3v) is 6.38. The van der Waals surface area contributed by atoms with Gasteiger partial charge in [0.25, 0.3) is 0 Å². The van der Waals surface area contributed by atoms with Crippen LogP contribution in [0.5, 0.6) is 0 Å². The summed E-state index contributed by atoms with van der Waals surface area (Å²) >= 11 is 3.10. The van der Waals surface area contributed by atoms with Crippen molar-refractivity contribution < 1.29 is 4.79 Å². The van der Waals surface area contributed by atoms with Gasteiger partial charge in [-0.15, -0.1) is 10.2 Å². The molecule has 0 spiro atoms. The Balaban J connectivity index is 1.67. The van der Waals surface area contributed by atoms with Gasteiger partial charge >= 0.3 is 0 Å². The van der Waals surface area contributed by atoms with Crippen LogP contribution in [0.2, 0.25) is 0 Å². The molecule has 1 aromatic carbocycles. The lowest BCUT2D eigenvalue weighted by Gasteiger charge is -2.11. The van der Waals surface area contributed by atoms with Gasteiger partial charge in [0.2, 0.25) is 5.13 Å². The topological polar surface area (TPSA) is 46.1 Å². The molecular formula is C17H21N3OS2. The van der Waals surface area contributed by atoms with E-state index in [2.05, 4.69) is 22.0 Å². The molecule has 0 aliphatic carbocycles. The van der Waals surface area contributed by atoms with E-state index in [0.29, 0.717) is 0 Å². The molecule has 0 radical (unpaired) electrons. The Morgan fingerprint density at radius 1 is 1.22 bits per heavy atom. The van der Waals surface area contributed by atoms with Gasteiger partial charge in [-0.2, -0.15) is 0 Å². The van der Waals surface area contributed by atoms with E-state index in [4.69, 9.17) is 0 Å². The van der Waals surface area contributed by atoms with Crippen molar-refractivity contribution >= 4 is 34.0 Å². The van der Waals surface area contributed by atoms with Crippen LogP contribution in [0.25, 0.3) is 0 Å². The number of Topliss-reactive ketones (excluding diaryl/α,β-unsaturated/α-hetero) is 1. The summed E-state index contributed by atoms with van der Waals surface area (Å²) in [6, 6.07) is 5.90. The van der Waals surface area contributed by atoms with Gasteiger partial charge in [-0.25, -0.2) is 0 Å². The van der Waals surface area contributed by atoms with Crippen molar-refractivity contribution in [2.75, 3.05) is 18.0 Å². The third-order valence-electron chi connectivity index (χ3n) is 4.21. The molecule has 6 heteroatoms. The predicted molar refractivity (Wildman–Crippen MR) is 96.9 cm³/mol. The molecule has 1 unspecified atom stereocenters. The molecule has 1 atom stereocenters. The summed E-state index contributed by atoms with van der Waals surface area (Å²) in [5.41, 5.74) is 3.14. The summed E-state index contributed by atoms with van der Waals surface area (Å²) in [5, 5.41) is 9.34. The fourth-order valence-corrected chi connectivity index (χ4v) is 4.73. The molecule has 1 aliphatic heterocycles. The van der Waals surface area contributed by atoms with E-state index >= 15 is 0 Å². The number of hydrogen-bond donors (Lipinski definition) is 0. The van der Waals surface area contributed by atoms with E-state index in [-0.39, 0.29) is 11.0 Å². The molecular weight excluding hydrogens is 326 g/mol. The molecule has 0 N–H and O–H groups in total. The third kappa shape index (κ3) is 3.75. The Bertz CT molecular complexity index is 708. The zero-order valence-corrected chi connectivity index (χ0v) is 15.3. The van der Waals surface area contributed by atoms with Gasteiger partial charge in [0.1, 0.15) is 0 Å². The minimum Gasteiger partial charge on any atom is -0.347 e. The molecule has 1 saturated heterocycles. The average Bonchev–Trinajstić information content (AvgIpc) is 3.20. The van der Waals surface area contributed by atoms with E-state index < -0.39 is 0 Å². The lowest BCUT2D eigenvalue weighted by molar-refractivity contribution is 0.0994. The molecule has 1 aliphatic rings. The van der Waals surface area contributed by atoms with Crippen molar-refractivity contribution in [3.05, 3.63) is 34.9 Å². The fourth-order valence-electron chi connectivity index (χ4n) is 2.62. The van der Waals surface area contributed by atoms with Crippen molar-refractivity contribution in [3.8, 4) is 0 Å². The molecule has 122 valence electrons. The normalized spacial score (nSPS) is 15.9. The molecule has 3 rings (SSSR count). The average molecular weight is 348 g/mol. The second kappa shape index (κ2) is 7.01. The molecule has 4 nitrogen and oxygen atoms in total. The van der Waals surface area contributed by atoms with Gasteiger partial charge < -0.3 is 4.90 Å². The standard InChI is InChI=1S/C17H21N3OS2/c1-11-6-7-14(10-12(11)2)15(21)13(3)22-17-19-18-16(23-17)20-8-4-5-9-20/h6-7,10,13H,4-5,8-9H2,1-3H3. The number of carbonyl (C=O) groups is 1. The highest BCUT2D eigenvalue weighted by Gasteiger charge is 2.21. The van der Waals surface area contributed by atoms with Crippen LogP contribution in [0.15, 0.2) is 22.5 Å². The summed E-state index contributed by atoms with van der Waals surface area (Å²) in [4.78, 5) is 14.9. The number of rotatable bonds is 5. The number of carbonyl (C=O) groups excluding carboxylic acids is 1. The first-order chi connectivity index (χ1) is 11.0. The molecule has 2 aromatic rings. The minimum absolute atomic E-state index is 0.149. The Morgan fingerprint density at radius 3 is 2.65 bits per heavy atom. The molecule has 1 fully saturated rings. The quantitative estimate of drug-likeness (QED) is 0.601. The van der Waals surface area contributed by atoms with Crippen LogP contribution in [0, 0.1) is 13.8 Å². The molecule has 2 heterocycles. The molecule has 1 aromatic heterocycles. The van der Waals surface area contributed by atoms with Crippen molar-refractivity contribution in [1.29, 1.82) is 0 Å². The summed E-state index contributed by atoms with van der Waals surface area (Å²) in [7, 11) is 0. The van der Waals surface area contributed by atoms with Gasteiger partial charge in [0.15, 0.2) is 10.1 Å². The number of nitrogens with zero attached hydrogens (tertiary/aromatic N) is 3. The lowest BCUT2D eigenvalue weighted by Crippen LogP contribution is -2.17. The highest BCUT2D eigenvalue weighted by atomic mass is 32.2. The van der Waals surface area contributed by atoms with Crippen LogP contribution >= 0.6 is 23.1 Å². The summed E-state index contributed by atoms with van der Waals surface area (Å²) in [6.45, 7) is 8.17. The maximum Gasteiger partial charge on any atom is 0.209 e. The van der Waals surface area contributed by atoms with Crippen LogP contribution in [0.4, 0.5) is 5.13 Å². The number of hydrogen-bond acceptors (Lipinski definition) is 6. The van der Waals surface area contributed by atoms with E-state index in [1.54, 1.807) is 11.3 Å². The molecule has 23 heavy (non-hydrogen) atoms. The van der Waals surface area contributed by atoms with Crippen molar-refractivity contribution in [2.24, 2.45) is 0 Å². The van der Waals surface area contributed by atoms with Gasteiger partial charge in [-0.05, 0) is 50.8 Å². The minimum atomic E-state index is -0.156. The highest BCUT2D eigenvalue weighted by molar-refractivity contribution is 8.02. The summed E-state index contributed by atoms with van der Waals surface area (Å²) in [6.07, 6.45) is 2.45. The molecule has 0 bridgehead atoms. The molecule has 0 saturated carbocycles. The highest BCUT2D eigenvalue weighted by Crippen LogP contribution is 2.33. The van der Waals surface area contributed by atoms with Crippen LogP contribution < -0.4 is 4.90 Å². The van der Waals surface area contributed by atoms with E-state index in [1.807, 2.05) is 32.0 Å². The van der Waals surface area contributed by atoms with Gasteiger partial charge in [-0.1, -0.05) is 35.2 Å². The first kappa shape index (κ1) is 16.5. The van der Waals surface area contributed by atoms with Crippen molar-refractivity contribution in [3.63, 3.8) is 0 Å². The second-order valence-corrected chi connectivity index (χ2v) is 8.51. The van der Waals surface area contributed by atoms with Crippen LogP contribution in [0.3, 0.4) is 0 Å². The van der Waals surface area contributed by atoms with Crippen LogP contribution in [-0.2, 0) is 0 Å². The van der Waals surface area contributed by atoms with Crippen molar-refractivity contribution in [2.45, 2.75) is 43.2 Å². The monoisotopic (exact) mass is 347 g/mol. The van der Waals surface area contributed by atoms with Crippen LogP contribution in [0.1, 0.15) is 41.3 Å². The number of aryl methyl sites for hydroxylation is 2. The maximum absolute atomic E-state index is 12.6. The lowest BCUT2D eigenvalue weighted by atomic mass is 10.0. The Labute approximate surface area is 145 Å². The summed E-state index contributed by atoms with van der Waals surface area (Å²) in [5.74, 6) is 0.149. The zero-order chi connectivity index (χ0) is 16.4. The van der Waals surface area contributed by atoms with E-state index in [9.17, 15) is 4.79 Å². The second-order valence-electron chi connectivity index (χ2n) is 5.97.